The van der Waals surface area contributed by atoms with Crippen LogP contribution in [0.2, 0.25) is 0 Å². The third-order valence-corrected chi connectivity index (χ3v) is 10.5. The number of ether oxygens (including phenoxy) is 6. The summed E-state index contributed by atoms with van der Waals surface area (Å²) in [5.41, 5.74) is 1.41. The van der Waals surface area contributed by atoms with E-state index in [2.05, 4.69) is 6.58 Å². The molecule has 0 saturated carbocycles. The fourth-order valence-corrected chi connectivity index (χ4v) is 7.45. The molecule has 57 heavy (non-hydrogen) atoms. The Bertz CT molecular complexity index is 2170. The van der Waals surface area contributed by atoms with Crippen LogP contribution in [0.1, 0.15) is 80.1 Å². The molecule has 2 aromatic carbocycles. The number of nitrogens with one attached hydrogen (secondary N) is 1. The molecule has 2 aromatic heterocycles. The van der Waals surface area contributed by atoms with Gasteiger partial charge in [-0.3, -0.25) is 14.4 Å². The molecule has 13 nitrogen and oxygen atoms in total. The Hall–Kier alpha value is -5.29. The molecular formula is C40H45F2NO12S2. The molecule has 1 atom stereocenters. The second-order valence-corrected chi connectivity index (χ2v) is 16.2. The Labute approximate surface area is 336 Å². The molecule has 1 amide bonds. The molecule has 0 aliphatic carbocycles. The van der Waals surface area contributed by atoms with E-state index < -0.39 is 47.0 Å². The summed E-state index contributed by atoms with van der Waals surface area (Å²) in [7, 11) is 2.66. The average molecular weight is 834 g/mol. The number of fused-ring (bicyclic) bond motifs is 2. The van der Waals surface area contributed by atoms with Crippen LogP contribution in [0.5, 0.6) is 23.0 Å². The third-order valence-electron chi connectivity index (χ3n) is 8.20. The summed E-state index contributed by atoms with van der Waals surface area (Å²) < 4.78 is 64.8. The van der Waals surface area contributed by atoms with Gasteiger partial charge in [0.2, 0.25) is 0 Å². The number of rotatable bonds is 18. The fourth-order valence-electron chi connectivity index (χ4n) is 5.37. The van der Waals surface area contributed by atoms with Gasteiger partial charge in [0.15, 0.2) is 46.2 Å². The first kappa shape index (κ1) is 44.4. The SMILES string of the molecule is C=C(COc1c(OC)cc2sc(C(=O)CCC(=O)OCC)cc2c1F)COc1c(OC)cc2sc(C(=O)C[C@H](C(=O)ONC(=O)OC(C)(C)C)C(C)C)cc2c1F. The molecule has 0 radical (unpaired) electrons. The Morgan fingerprint density at radius 2 is 1.32 bits per heavy atom. The number of halogens is 2. The number of methoxy groups -OCH3 is 2. The van der Waals surface area contributed by atoms with Crippen molar-refractivity contribution in [2.75, 3.05) is 34.0 Å². The standard InChI is InChI=1S/C40H45F2NO12S2/c1-10-51-33(46)12-11-25(44)31-14-23-29(56-31)16-27(49-8)36(34(23)41)52-18-21(4)19-53-37-28(50-9)17-30-24(35(37)42)15-32(57-30)26(45)13-22(20(2)3)38(47)55-43-39(48)54-40(5,6)7/h14-17,20,22H,4,10-13,18-19H2,1-3,5-9H3,(H,43,48)/t22-/m0/s1. The first-order chi connectivity index (χ1) is 26.9. The van der Waals surface area contributed by atoms with Crippen molar-refractivity contribution in [2.45, 2.75) is 66.4 Å². The molecule has 0 spiro atoms. The van der Waals surface area contributed by atoms with E-state index in [1.54, 1.807) is 41.5 Å². The van der Waals surface area contributed by atoms with Gasteiger partial charge in [0.25, 0.3) is 0 Å². The summed E-state index contributed by atoms with van der Waals surface area (Å²) in [6.45, 7) is 13.6. The van der Waals surface area contributed by atoms with Crippen LogP contribution in [0.3, 0.4) is 0 Å². The molecule has 0 unspecified atom stereocenters. The largest absolute Gasteiger partial charge is 0.493 e. The monoisotopic (exact) mass is 833 g/mol. The minimum absolute atomic E-state index is 0.0367. The van der Waals surface area contributed by atoms with Crippen molar-refractivity contribution in [3.63, 3.8) is 0 Å². The summed E-state index contributed by atoms with van der Waals surface area (Å²) in [6, 6.07) is 5.80. The predicted molar refractivity (Wildman–Crippen MR) is 210 cm³/mol. The third kappa shape index (κ3) is 11.4. The number of hydroxylamine groups is 1. The van der Waals surface area contributed by atoms with Crippen molar-refractivity contribution < 1.29 is 66.0 Å². The van der Waals surface area contributed by atoms with Crippen molar-refractivity contribution in [1.29, 1.82) is 0 Å². The molecule has 4 rings (SSSR count). The van der Waals surface area contributed by atoms with E-state index in [1.165, 1.54) is 38.5 Å². The lowest BCUT2D eigenvalue weighted by molar-refractivity contribution is -0.157. The number of carbonyl (C=O) groups excluding carboxylic acids is 5. The zero-order chi connectivity index (χ0) is 42.2. The van der Waals surface area contributed by atoms with Crippen molar-refractivity contribution in [3.8, 4) is 23.0 Å². The van der Waals surface area contributed by atoms with Gasteiger partial charge in [0, 0.05) is 45.1 Å². The molecule has 308 valence electrons. The van der Waals surface area contributed by atoms with Crippen LogP contribution >= 0.6 is 22.7 Å². The fraction of sp³-hybridized carbons (Fsp3) is 0.425. The minimum Gasteiger partial charge on any atom is -0.493 e. The minimum atomic E-state index is -0.964. The second-order valence-electron chi connectivity index (χ2n) is 14.0. The number of hydrogen-bond donors (Lipinski definition) is 1. The lowest BCUT2D eigenvalue weighted by Gasteiger charge is -2.21. The van der Waals surface area contributed by atoms with Gasteiger partial charge >= 0.3 is 18.0 Å². The Kier molecular flexibility index (Phi) is 15.0. The lowest BCUT2D eigenvalue weighted by Crippen LogP contribution is -2.37. The molecular weight excluding hydrogens is 789 g/mol. The highest BCUT2D eigenvalue weighted by atomic mass is 32.1. The molecule has 0 saturated heterocycles. The first-order valence-electron chi connectivity index (χ1n) is 17.8. The van der Waals surface area contributed by atoms with Crippen molar-refractivity contribution >= 4 is 72.4 Å². The van der Waals surface area contributed by atoms with Gasteiger partial charge in [-0.25, -0.2) is 18.4 Å². The highest BCUT2D eigenvalue weighted by Crippen LogP contribution is 2.42. The summed E-state index contributed by atoms with van der Waals surface area (Å²) in [5, 5.41) is 0.201. The van der Waals surface area contributed by atoms with Crippen molar-refractivity contribution in [2.24, 2.45) is 11.8 Å². The molecule has 0 aliphatic rings. The Balaban J connectivity index is 1.43. The summed E-state index contributed by atoms with van der Waals surface area (Å²) in [4.78, 5) is 67.9. The van der Waals surface area contributed by atoms with Gasteiger partial charge in [0.05, 0.1) is 42.9 Å². The van der Waals surface area contributed by atoms with Gasteiger partial charge in [-0.1, -0.05) is 20.4 Å². The lowest BCUT2D eigenvalue weighted by atomic mass is 9.90. The zero-order valence-electron chi connectivity index (χ0n) is 32.9. The maximum atomic E-state index is 16.0. The number of ketones is 2. The van der Waals surface area contributed by atoms with Gasteiger partial charge < -0.3 is 33.3 Å². The number of carbonyl (C=O) groups is 5. The van der Waals surface area contributed by atoms with Crippen LogP contribution < -0.4 is 24.4 Å². The van der Waals surface area contributed by atoms with E-state index in [9.17, 15) is 24.0 Å². The molecule has 1 N–H and O–H groups in total. The van der Waals surface area contributed by atoms with E-state index in [4.69, 9.17) is 33.3 Å². The average Bonchev–Trinajstić information content (AvgIpc) is 3.79. The van der Waals surface area contributed by atoms with Gasteiger partial charge in [-0.15, -0.1) is 28.2 Å². The number of esters is 1. The van der Waals surface area contributed by atoms with Gasteiger partial charge in [0.1, 0.15) is 18.8 Å². The topological polar surface area (TPSA) is 162 Å². The Morgan fingerprint density at radius 1 is 0.807 bits per heavy atom. The highest BCUT2D eigenvalue weighted by molar-refractivity contribution is 7.21. The van der Waals surface area contributed by atoms with Gasteiger partial charge in [-0.05, 0) is 51.3 Å². The van der Waals surface area contributed by atoms with Crippen molar-refractivity contribution in [3.05, 3.63) is 57.8 Å². The number of thiophene rings is 2. The molecule has 17 heteroatoms. The molecule has 4 aromatic rings. The molecule has 0 aliphatic heterocycles. The first-order valence-corrected chi connectivity index (χ1v) is 19.4. The van der Waals surface area contributed by atoms with E-state index in [-0.39, 0.29) is 99.9 Å². The maximum absolute atomic E-state index is 16.0. The normalized spacial score (nSPS) is 11.9. The Morgan fingerprint density at radius 3 is 1.77 bits per heavy atom. The van der Waals surface area contributed by atoms with E-state index >= 15 is 8.78 Å². The van der Waals surface area contributed by atoms with E-state index in [0.717, 1.165) is 22.7 Å². The number of amides is 1. The molecule has 0 fully saturated rings. The van der Waals surface area contributed by atoms with Crippen LogP contribution in [0, 0.1) is 23.5 Å². The number of Topliss-reactive ketones (excluding diaryl/α,β-unsaturated/α-hetero) is 2. The van der Waals surface area contributed by atoms with E-state index in [0.29, 0.717) is 9.40 Å². The zero-order valence-corrected chi connectivity index (χ0v) is 34.5. The van der Waals surface area contributed by atoms with Crippen LogP contribution in [0.4, 0.5) is 13.6 Å². The summed E-state index contributed by atoms with van der Waals surface area (Å²) in [5.74, 6) is -5.37. The summed E-state index contributed by atoms with van der Waals surface area (Å²) in [6.07, 6.45) is -1.43. The van der Waals surface area contributed by atoms with Crippen LogP contribution in [0.25, 0.3) is 20.2 Å². The molecule has 2 heterocycles. The molecule has 0 bridgehead atoms. The van der Waals surface area contributed by atoms with Crippen LogP contribution in [0.15, 0.2) is 36.4 Å². The predicted octanol–water partition coefficient (Wildman–Crippen LogP) is 8.78. The van der Waals surface area contributed by atoms with Crippen LogP contribution in [-0.2, 0) is 23.9 Å². The van der Waals surface area contributed by atoms with Crippen molar-refractivity contribution in [1.82, 2.24) is 5.48 Å². The summed E-state index contributed by atoms with van der Waals surface area (Å²) >= 11 is 2.06. The number of benzene rings is 2. The maximum Gasteiger partial charge on any atom is 0.441 e. The highest BCUT2D eigenvalue weighted by Gasteiger charge is 2.30. The smallest absolute Gasteiger partial charge is 0.441 e. The van der Waals surface area contributed by atoms with E-state index in [1.807, 2.05) is 5.48 Å². The van der Waals surface area contributed by atoms with Gasteiger partial charge in [-0.2, -0.15) is 0 Å². The quantitative estimate of drug-likeness (QED) is 0.0334. The second kappa shape index (κ2) is 19.2. The number of hydrogen-bond acceptors (Lipinski definition) is 14. The van der Waals surface area contributed by atoms with Crippen LogP contribution in [-0.4, -0.2) is 69.2 Å².